The quantitative estimate of drug-likeness (QED) is 0.169. The van der Waals surface area contributed by atoms with Gasteiger partial charge in [0.2, 0.25) is 0 Å². The molecule has 9 aromatic carbocycles. The summed E-state index contributed by atoms with van der Waals surface area (Å²) in [6.45, 7) is 4.73. The molecule has 0 aromatic heterocycles. The summed E-state index contributed by atoms with van der Waals surface area (Å²) in [4.78, 5) is 2.54. The predicted molar refractivity (Wildman–Crippen MR) is 225 cm³/mol. The number of para-hydroxylation sites is 2. The number of hydrogen-bond donors (Lipinski definition) is 0. The van der Waals surface area contributed by atoms with Crippen LogP contribution in [-0.2, 0) is 11.8 Å². The molecule has 1 aliphatic heterocycles. The van der Waals surface area contributed by atoms with Gasteiger partial charge in [0.25, 0.3) is 0 Å². The van der Waals surface area contributed by atoms with E-state index in [0.29, 0.717) is 0 Å². The maximum atomic E-state index is 2.54. The first-order valence-corrected chi connectivity index (χ1v) is 18.7. The van der Waals surface area contributed by atoms with Crippen molar-refractivity contribution in [3.8, 4) is 33.4 Å². The SMILES string of the molecule is CC1(C)c2ccccc2-c2cc(-c3c4ccccc4c(N4c5ccccc5Cc5ccccc54)c4ccc(-c5cccc6ccccc56)cc34)ccc21. The molecule has 1 heteroatoms. The van der Waals surface area contributed by atoms with Gasteiger partial charge in [0.1, 0.15) is 0 Å². The summed E-state index contributed by atoms with van der Waals surface area (Å²) in [5, 5.41) is 7.54. The van der Waals surface area contributed by atoms with Gasteiger partial charge >= 0.3 is 0 Å². The van der Waals surface area contributed by atoms with E-state index in [0.717, 1.165) is 6.42 Å². The lowest BCUT2D eigenvalue weighted by Crippen LogP contribution is -2.19. The maximum Gasteiger partial charge on any atom is 0.0619 e. The van der Waals surface area contributed by atoms with Crippen molar-refractivity contribution in [3.05, 3.63) is 198 Å². The van der Waals surface area contributed by atoms with Crippen molar-refractivity contribution in [3.63, 3.8) is 0 Å². The van der Waals surface area contributed by atoms with Crippen LogP contribution in [0.15, 0.2) is 176 Å². The van der Waals surface area contributed by atoms with E-state index in [9.17, 15) is 0 Å². The van der Waals surface area contributed by atoms with E-state index in [-0.39, 0.29) is 5.41 Å². The molecule has 1 nitrogen and oxygen atoms in total. The summed E-state index contributed by atoms with van der Waals surface area (Å²) in [5.41, 5.74) is 16.9. The van der Waals surface area contributed by atoms with Gasteiger partial charge in [-0.2, -0.15) is 0 Å². The minimum absolute atomic E-state index is 0.0466. The molecule has 1 heterocycles. The van der Waals surface area contributed by atoms with Crippen molar-refractivity contribution >= 4 is 49.4 Å². The maximum absolute atomic E-state index is 2.54. The number of nitrogens with zero attached hydrogens (tertiary/aromatic N) is 1. The Morgan fingerprint density at radius 1 is 0.415 bits per heavy atom. The highest BCUT2D eigenvalue weighted by Crippen LogP contribution is 2.54. The van der Waals surface area contributed by atoms with Crippen LogP contribution in [0, 0.1) is 0 Å². The zero-order chi connectivity index (χ0) is 35.3. The summed E-state index contributed by atoms with van der Waals surface area (Å²) in [6.07, 6.45) is 0.926. The second kappa shape index (κ2) is 11.3. The Morgan fingerprint density at radius 2 is 1.00 bits per heavy atom. The lowest BCUT2D eigenvalue weighted by Gasteiger charge is -2.35. The van der Waals surface area contributed by atoms with Gasteiger partial charge in [-0.15, -0.1) is 0 Å². The molecule has 1 aliphatic carbocycles. The van der Waals surface area contributed by atoms with Crippen LogP contribution in [0.5, 0.6) is 0 Å². The standard InChI is InChI=1S/C52H37N/c1-52(2)46-23-10-9-19-40(46)44-32-37(27-29-47(44)52)50-41-20-7-8-21-42(41)51(53-48-24-11-4-15-35(48)30-36-16-5-12-25-49(36)53)43-28-26-34(31-45(43)50)39-22-13-17-33-14-3-6-18-38(33)39/h3-29,31-32H,30H2,1-2H3. The molecule has 0 saturated heterocycles. The van der Waals surface area contributed by atoms with Crippen LogP contribution < -0.4 is 4.90 Å². The topological polar surface area (TPSA) is 3.24 Å². The fourth-order valence-corrected chi connectivity index (χ4v) is 9.56. The number of fused-ring (bicyclic) bond motifs is 8. The second-order valence-electron chi connectivity index (χ2n) is 15.3. The van der Waals surface area contributed by atoms with Crippen molar-refractivity contribution in [1.29, 1.82) is 0 Å². The molecule has 0 fully saturated rings. The number of hydrogen-bond acceptors (Lipinski definition) is 1. The molecule has 0 atom stereocenters. The van der Waals surface area contributed by atoms with Crippen LogP contribution in [0.2, 0.25) is 0 Å². The lowest BCUT2D eigenvalue weighted by atomic mass is 9.81. The Bertz CT molecular complexity index is 2910. The zero-order valence-corrected chi connectivity index (χ0v) is 29.9. The van der Waals surface area contributed by atoms with E-state index in [1.807, 2.05) is 0 Å². The highest BCUT2D eigenvalue weighted by Gasteiger charge is 2.35. The molecule has 0 amide bonds. The summed E-state index contributed by atoms with van der Waals surface area (Å²) >= 11 is 0. The first kappa shape index (κ1) is 30.2. The highest BCUT2D eigenvalue weighted by molar-refractivity contribution is 6.23. The van der Waals surface area contributed by atoms with Crippen LogP contribution in [0.3, 0.4) is 0 Å². The Labute approximate surface area is 310 Å². The summed E-state index contributed by atoms with van der Waals surface area (Å²) in [5.74, 6) is 0. The van der Waals surface area contributed by atoms with E-state index in [1.165, 1.54) is 105 Å². The van der Waals surface area contributed by atoms with Gasteiger partial charge in [-0.05, 0) is 101 Å². The van der Waals surface area contributed by atoms with Crippen LogP contribution in [0.25, 0.3) is 65.7 Å². The number of rotatable bonds is 3. The van der Waals surface area contributed by atoms with E-state index in [2.05, 4.69) is 195 Å². The third-order valence-corrected chi connectivity index (χ3v) is 12.0. The number of anilines is 3. The van der Waals surface area contributed by atoms with E-state index in [1.54, 1.807) is 0 Å². The third kappa shape index (κ3) is 4.38. The molecular weight excluding hydrogens is 639 g/mol. The van der Waals surface area contributed by atoms with Gasteiger partial charge in [-0.1, -0.05) is 166 Å². The Kier molecular flexibility index (Phi) is 6.43. The van der Waals surface area contributed by atoms with Crippen LogP contribution in [-0.4, -0.2) is 0 Å². The van der Waals surface area contributed by atoms with Gasteiger partial charge in [-0.3, -0.25) is 0 Å². The van der Waals surface area contributed by atoms with Crippen molar-refractivity contribution < 1.29 is 0 Å². The average Bonchev–Trinajstić information content (AvgIpc) is 3.44. The Hall–Kier alpha value is -6.44. The highest BCUT2D eigenvalue weighted by atomic mass is 15.2. The fraction of sp³-hybridized carbons (Fsp3) is 0.0769. The Morgan fingerprint density at radius 3 is 1.81 bits per heavy atom. The monoisotopic (exact) mass is 675 g/mol. The molecule has 0 radical (unpaired) electrons. The molecule has 0 bridgehead atoms. The molecule has 250 valence electrons. The van der Waals surface area contributed by atoms with Gasteiger partial charge in [0, 0.05) is 34.0 Å². The van der Waals surface area contributed by atoms with Gasteiger partial charge in [0.05, 0.1) is 5.69 Å². The summed E-state index contributed by atoms with van der Waals surface area (Å²) in [7, 11) is 0. The summed E-state index contributed by atoms with van der Waals surface area (Å²) in [6, 6.07) is 65.8. The van der Waals surface area contributed by atoms with Gasteiger partial charge in [0.15, 0.2) is 0 Å². The van der Waals surface area contributed by atoms with E-state index >= 15 is 0 Å². The Balaban J connectivity index is 1.27. The first-order valence-electron chi connectivity index (χ1n) is 18.7. The van der Waals surface area contributed by atoms with Crippen molar-refractivity contribution in [2.45, 2.75) is 25.7 Å². The van der Waals surface area contributed by atoms with Crippen molar-refractivity contribution in [1.82, 2.24) is 0 Å². The second-order valence-corrected chi connectivity index (χ2v) is 15.3. The molecule has 11 rings (SSSR count). The molecule has 53 heavy (non-hydrogen) atoms. The van der Waals surface area contributed by atoms with Gasteiger partial charge in [-0.25, -0.2) is 0 Å². The minimum Gasteiger partial charge on any atom is -0.309 e. The normalized spacial score (nSPS) is 13.9. The first-order chi connectivity index (χ1) is 26.1. The predicted octanol–water partition coefficient (Wildman–Crippen LogP) is 14.2. The molecular formula is C52H37N. The van der Waals surface area contributed by atoms with Crippen molar-refractivity contribution in [2.75, 3.05) is 4.90 Å². The van der Waals surface area contributed by atoms with Gasteiger partial charge < -0.3 is 4.90 Å². The van der Waals surface area contributed by atoms with Crippen molar-refractivity contribution in [2.24, 2.45) is 0 Å². The molecule has 0 N–H and O–H groups in total. The zero-order valence-electron chi connectivity index (χ0n) is 29.9. The molecule has 0 spiro atoms. The van der Waals surface area contributed by atoms with E-state index in [4.69, 9.17) is 0 Å². The van der Waals surface area contributed by atoms with Crippen LogP contribution in [0.4, 0.5) is 17.1 Å². The fourth-order valence-electron chi connectivity index (χ4n) is 9.56. The van der Waals surface area contributed by atoms with Crippen LogP contribution >= 0.6 is 0 Å². The lowest BCUT2D eigenvalue weighted by molar-refractivity contribution is 0.660. The largest absolute Gasteiger partial charge is 0.309 e. The smallest absolute Gasteiger partial charge is 0.0619 e. The molecule has 0 saturated carbocycles. The number of benzene rings is 9. The van der Waals surface area contributed by atoms with Crippen LogP contribution in [0.1, 0.15) is 36.1 Å². The molecule has 2 aliphatic rings. The van der Waals surface area contributed by atoms with E-state index < -0.39 is 0 Å². The molecule has 9 aromatic rings. The summed E-state index contributed by atoms with van der Waals surface area (Å²) < 4.78 is 0. The molecule has 0 unspecified atom stereocenters. The minimum atomic E-state index is -0.0466. The third-order valence-electron chi connectivity index (χ3n) is 12.0. The average molecular weight is 676 g/mol.